The highest BCUT2D eigenvalue weighted by atomic mass is 32.2. The molecule has 7 heteroatoms. The Bertz CT molecular complexity index is 872. The molecule has 0 saturated heterocycles. The second-order valence-corrected chi connectivity index (χ2v) is 7.01. The number of hydrogen-bond donors (Lipinski definition) is 1. The predicted octanol–water partition coefficient (Wildman–Crippen LogP) is 2.29. The van der Waals surface area contributed by atoms with E-state index in [2.05, 4.69) is 4.98 Å². The maximum absolute atomic E-state index is 14.1. The van der Waals surface area contributed by atoms with Gasteiger partial charge in [0.05, 0.1) is 17.8 Å². The molecule has 0 fully saturated rings. The van der Waals surface area contributed by atoms with Gasteiger partial charge in [0.2, 0.25) is 0 Å². The van der Waals surface area contributed by atoms with Gasteiger partial charge in [-0.2, -0.15) is 0 Å². The third-order valence-electron chi connectivity index (χ3n) is 3.47. The summed E-state index contributed by atoms with van der Waals surface area (Å²) >= 11 is 0. The number of methoxy groups -OCH3 is 1. The van der Waals surface area contributed by atoms with Gasteiger partial charge < -0.3 is 9.72 Å². The minimum absolute atomic E-state index is 0.0379. The van der Waals surface area contributed by atoms with Crippen molar-refractivity contribution in [2.75, 3.05) is 12.9 Å². The molecule has 1 aromatic heterocycles. The molecule has 1 heterocycles. The van der Waals surface area contributed by atoms with Gasteiger partial charge in [-0.05, 0) is 25.1 Å². The third-order valence-corrected chi connectivity index (χ3v) is 5.20. The van der Waals surface area contributed by atoms with Crippen LogP contribution in [-0.4, -0.2) is 26.3 Å². The van der Waals surface area contributed by atoms with E-state index in [1.807, 2.05) is 0 Å². The van der Waals surface area contributed by atoms with E-state index < -0.39 is 21.2 Å². The smallest absolute Gasteiger partial charge is 0.290 e. The van der Waals surface area contributed by atoms with Crippen LogP contribution in [0, 0.1) is 12.7 Å². The van der Waals surface area contributed by atoms with Crippen molar-refractivity contribution >= 4 is 9.84 Å². The van der Waals surface area contributed by atoms with Crippen molar-refractivity contribution in [3.05, 3.63) is 46.1 Å². The van der Waals surface area contributed by atoms with Crippen molar-refractivity contribution < 1.29 is 17.5 Å². The molecule has 1 N–H and O–H groups in total. The summed E-state index contributed by atoms with van der Waals surface area (Å²) < 4.78 is 43.1. The van der Waals surface area contributed by atoms with Crippen molar-refractivity contribution in [2.45, 2.75) is 18.7 Å². The summed E-state index contributed by atoms with van der Waals surface area (Å²) in [5, 5.41) is 0. The largest absolute Gasteiger partial charge is 0.491 e. The average molecular weight is 325 g/mol. The van der Waals surface area contributed by atoms with Crippen LogP contribution in [0.15, 0.2) is 34.1 Å². The van der Waals surface area contributed by atoms with Crippen LogP contribution in [0.4, 0.5) is 4.39 Å². The zero-order valence-electron chi connectivity index (χ0n) is 12.4. The topological polar surface area (TPSA) is 76.2 Å². The second-order valence-electron chi connectivity index (χ2n) is 4.73. The van der Waals surface area contributed by atoms with E-state index in [4.69, 9.17) is 4.74 Å². The van der Waals surface area contributed by atoms with Gasteiger partial charge in [0.25, 0.3) is 5.56 Å². The summed E-state index contributed by atoms with van der Waals surface area (Å²) in [5.41, 5.74) is 0.487. The van der Waals surface area contributed by atoms with Gasteiger partial charge in [0, 0.05) is 22.9 Å². The standard InChI is InChI=1S/C15H16FNO4S/c1-4-22(19,20)10-5-6-13(16)11(7-10)12-8-17-15(18)14(21-3)9(12)2/h5-8H,4H2,1-3H3,(H,17,18). The van der Waals surface area contributed by atoms with Gasteiger partial charge in [-0.1, -0.05) is 6.92 Å². The molecule has 2 rings (SSSR count). The van der Waals surface area contributed by atoms with E-state index in [1.165, 1.54) is 32.4 Å². The quantitative estimate of drug-likeness (QED) is 0.875. The molecule has 118 valence electrons. The van der Waals surface area contributed by atoms with E-state index in [0.29, 0.717) is 11.1 Å². The number of aromatic nitrogens is 1. The summed E-state index contributed by atoms with van der Waals surface area (Å²) in [7, 11) is -2.11. The number of hydrogen-bond acceptors (Lipinski definition) is 4. The highest BCUT2D eigenvalue weighted by molar-refractivity contribution is 7.91. The SMILES string of the molecule is CCS(=O)(=O)c1ccc(F)c(-c2c[nH]c(=O)c(OC)c2C)c1. The number of H-pyrrole nitrogens is 1. The van der Waals surface area contributed by atoms with Gasteiger partial charge in [-0.3, -0.25) is 4.79 Å². The van der Waals surface area contributed by atoms with Crippen LogP contribution >= 0.6 is 0 Å². The van der Waals surface area contributed by atoms with Crippen molar-refractivity contribution in [3.8, 4) is 16.9 Å². The van der Waals surface area contributed by atoms with E-state index >= 15 is 0 Å². The zero-order valence-corrected chi connectivity index (χ0v) is 13.3. The van der Waals surface area contributed by atoms with Crippen LogP contribution in [0.2, 0.25) is 0 Å². The number of halogens is 1. The fraction of sp³-hybridized carbons (Fsp3) is 0.267. The molecule has 0 aliphatic heterocycles. The maximum Gasteiger partial charge on any atom is 0.290 e. The van der Waals surface area contributed by atoms with Crippen LogP contribution in [0.5, 0.6) is 5.75 Å². The Hall–Kier alpha value is -2.15. The molecule has 0 atom stereocenters. The molecule has 0 radical (unpaired) electrons. The Morgan fingerprint density at radius 1 is 1.27 bits per heavy atom. The van der Waals surface area contributed by atoms with E-state index in [9.17, 15) is 17.6 Å². The van der Waals surface area contributed by atoms with Crippen LogP contribution < -0.4 is 10.3 Å². The molecule has 0 aliphatic carbocycles. The Morgan fingerprint density at radius 2 is 1.95 bits per heavy atom. The molecule has 22 heavy (non-hydrogen) atoms. The summed E-state index contributed by atoms with van der Waals surface area (Å²) in [6, 6.07) is 3.61. The molecule has 1 aromatic carbocycles. The number of ether oxygens (including phenoxy) is 1. The molecule has 5 nitrogen and oxygen atoms in total. The van der Waals surface area contributed by atoms with Gasteiger partial charge in [0.1, 0.15) is 5.82 Å². The molecule has 2 aromatic rings. The van der Waals surface area contributed by atoms with Gasteiger partial charge in [-0.15, -0.1) is 0 Å². The fourth-order valence-electron chi connectivity index (χ4n) is 2.20. The van der Waals surface area contributed by atoms with Crippen molar-refractivity contribution in [3.63, 3.8) is 0 Å². The summed E-state index contributed by atoms with van der Waals surface area (Å²) in [4.78, 5) is 14.1. The minimum Gasteiger partial charge on any atom is -0.491 e. The molecule has 0 spiro atoms. The maximum atomic E-state index is 14.1. The zero-order chi connectivity index (χ0) is 16.5. The Labute approximate surface area is 127 Å². The number of nitrogens with one attached hydrogen (secondary N) is 1. The summed E-state index contributed by atoms with van der Waals surface area (Å²) in [6.07, 6.45) is 1.35. The third kappa shape index (κ3) is 2.76. The van der Waals surface area contributed by atoms with E-state index in [0.717, 1.165) is 6.07 Å². The predicted molar refractivity (Wildman–Crippen MR) is 81.5 cm³/mol. The first-order valence-electron chi connectivity index (χ1n) is 6.60. The van der Waals surface area contributed by atoms with Crippen molar-refractivity contribution in [1.29, 1.82) is 0 Å². The van der Waals surface area contributed by atoms with Crippen molar-refractivity contribution in [2.24, 2.45) is 0 Å². The second kappa shape index (κ2) is 5.92. The first-order valence-corrected chi connectivity index (χ1v) is 8.26. The number of rotatable bonds is 4. The number of benzene rings is 1. The van der Waals surface area contributed by atoms with Gasteiger partial charge >= 0.3 is 0 Å². The lowest BCUT2D eigenvalue weighted by Crippen LogP contribution is -2.11. The van der Waals surface area contributed by atoms with Crippen LogP contribution in [0.3, 0.4) is 0 Å². The lowest BCUT2D eigenvalue weighted by atomic mass is 10.0. The fourth-order valence-corrected chi connectivity index (χ4v) is 3.11. The Kier molecular flexibility index (Phi) is 4.37. The lowest BCUT2D eigenvalue weighted by Gasteiger charge is -2.12. The van der Waals surface area contributed by atoms with Crippen LogP contribution in [-0.2, 0) is 9.84 Å². The highest BCUT2D eigenvalue weighted by Gasteiger charge is 2.18. The molecule has 0 unspecified atom stereocenters. The number of aromatic amines is 1. The number of sulfone groups is 1. The Morgan fingerprint density at radius 3 is 2.55 bits per heavy atom. The highest BCUT2D eigenvalue weighted by Crippen LogP contribution is 2.30. The minimum atomic E-state index is -3.45. The average Bonchev–Trinajstić information content (AvgIpc) is 2.49. The molecule has 0 bridgehead atoms. The van der Waals surface area contributed by atoms with Crippen LogP contribution in [0.1, 0.15) is 12.5 Å². The van der Waals surface area contributed by atoms with Crippen LogP contribution in [0.25, 0.3) is 11.1 Å². The Balaban J connectivity index is 2.73. The molecular weight excluding hydrogens is 309 g/mol. The van der Waals surface area contributed by atoms with Gasteiger partial charge in [-0.25, -0.2) is 12.8 Å². The summed E-state index contributed by atoms with van der Waals surface area (Å²) in [6.45, 7) is 3.14. The van der Waals surface area contributed by atoms with E-state index in [1.54, 1.807) is 6.92 Å². The van der Waals surface area contributed by atoms with Gasteiger partial charge in [0.15, 0.2) is 15.6 Å². The van der Waals surface area contributed by atoms with E-state index in [-0.39, 0.29) is 22.0 Å². The van der Waals surface area contributed by atoms with Crippen molar-refractivity contribution in [1.82, 2.24) is 4.98 Å². The first kappa shape index (κ1) is 16.2. The summed E-state index contributed by atoms with van der Waals surface area (Å²) in [5.74, 6) is -0.584. The lowest BCUT2D eigenvalue weighted by molar-refractivity contribution is 0.405. The normalized spacial score (nSPS) is 11.5. The molecule has 0 aliphatic rings. The molecular formula is C15H16FNO4S. The monoisotopic (exact) mass is 325 g/mol. The first-order chi connectivity index (χ1) is 10.3. The number of pyridine rings is 1. The molecule has 0 saturated carbocycles. The molecule has 0 amide bonds.